The number of benzene rings is 1. The Hall–Kier alpha value is -1.26. The molecule has 112 valence electrons. The molecular weight excluding hydrogens is 276 g/mol. The van der Waals surface area contributed by atoms with Gasteiger partial charge >= 0.3 is 0 Å². The Bertz CT molecular complexity index is 426. The number of likely N-dealkylation sites (N-methyl/N-ethyl adjacent to an activating group) is 1. The van der Waals surface area contributed by atoms with Gasteiger partial charge in [-0.3, -0.25) is 4.79 Å². The zero-order valence-corrected chi connectivity index (χ0v) is 12.9. The third-order valence-electron chi connectivity index (χ3n) is 3.08. The number of ether oxygens (including phenoxy) is 1. The van der Waals surface area contributed by atoms with Crippen molar-refractivity contribution in [3.63, 3.8) is 0 Å². The first kappa shape index (κ1) is 16.8. The minimum Gasteiger partial charge on any atom is -0.490 e. The fraction of sp³-hybridized carbons (Fsp3) is 0.533. The number of rotatable bonds is 8. The first-order valence-corrected chi connectivity index (χ1v) is 7.32. The number of para-hydroxylation sites is 1. The van der Waals surface area contributed by atoms with Crippen LogP contribution in [0.3, 0.4) is 0 Å². The van der Waals surface area contributed by atoms with Crippen molar-refractivity contribution in [3.05, 3.63) is 29.3 Å². The number of carbonyl (C=O) groups excluding carboxylic acids is 1. The van der Waals surface area contributed by atoms with Gasteiger partial charge in [0.05, 0.1) is 17.6 Å². The van der Waals surface area contributed by atoms with Crippen molar-refractivity contribution in [2.45, 2.75) is 32.2 Å². The van der Waals surface area contributed by atoms with Crippen LogP contribution in [-0.4, -0.2) is 37.0 Å². The van der Waals surface area contributed by atoms with E-state index in [1.165, 1.54) is 0 Å². The minimum atomic E-state index is -0.416. The van der Waals surface area contributed by atoms with E-state index in [2.05, 4.69) is 6.92 Å². The van der Waals surface area contributed by atoms with E-state index in [-0.39, 0.29) is 5.91 Å². The number of nitrogens with two attached hydrogens (primary N) is 1. The third kappa shape index (κ3) is 5.39. The standard InChI is InChI=1S/C15H23ClN2O2/c1-3-4-8-13(17)15(19)18(2)10-11-20-14-9-6-5-7-12(14)16/h5-7,9,13H,3-4,8,10-11,17H2,1-2H3/t13-/m0/s1. The summed E-state index contributed by atoms with van der Waals surface area (Å²) in [7, 11) is 1.74. The molecule has 1 aromatic carbocycles. The largest absolute Gasteiger partial charge is 0.490 e. The highest BCUT2D eigenvalue weighted by atomic mass is 35.5. The van der Waals surface area contributed by atoms with Gasteiger partial charge in [0.25, 0.3) is 0 Å². The molecule has 0 saturated carbocycles. The molecule has 0 aliphatic rings. The second-order valence-electron chi connectivity index (χ2n) is 4.79. The summed E-state index contributed by atoms with van der Waals surface area (Å²) in [5, 5.41) is 0.570. The molecule has 1 amide bonds. The predicted octanol–water partition coefficient (Wildman–Crippen LogP) is 2.69. The van der Waals surface area contributed by atoms with Crippen LogP contribution < -0.4 is 10.5 Å². The smallest absolute Gasteiger partial charge is 0.239 e. The SMILES string of the molecule is CCCC[C@H](N)C(=O)N(C)CCOc1ccccc1Cl. The van der Waals surface area contributed by atoms with Crippen molar-refractivity contribution in [2.24, 2.45) is 5.73 Å². The van der Waals surface area contributed by atoms with Gasteiger partial charge in [0, 0.05) is 7.05 Å². The molecule has 0 bridgehead atoms. The van der Waals surface area contributed by atoms with Crippen LogP contribution in [0.1, 0.15) is 26.2 Å². The molecule has 20 heavy (non-hydrogen) atoms. The van der Waals surface area contributed by atoms with E-state index in [1.54, 1.807) is 24.1 Å². The van der Waals surface area contributed by atoms with Crippen LogP contribution >= 0.6 is 11.6 Å². The average molecular weight is 299 g/mol. The van der Waals surface area contributed by atoms with Crippen molar-refractivity contribution in [1.82, 2.24) is 4.90 Å². The van der Waals surface area contributed by atoms with E-state index in [0.29, 0.717) is 23.9 Å². The van der Waals surface area contributed by atoms with E-state index < -0.39 is 6.04 Å². The molecule has 0 heterocycles. The van der Waals surface area contributed by atoms with E-state index >= 15 is 0 Å². The maximum absolute atomic E-state index is 12.0. The van der Waals surface area contributed by atoms with Crippen molar-refractivity contribution in [2.75, 3.05) is 20.2 Å². The molecule has 0 radical (unpaired) electrons. The second-order valence-corrected chi connectivity index (χ2v) is 5.19. The summed E-state index contributed by atoms with van der Waals surface area (Å²) in [4.78, 5) is 13.6. The van der Waals surface area contributed by atoms with Crippen molar-refractivity contribution in [3.8, 4) is 5.75 Å². The molecule has 1 aromatic rings. The Morgan fingerprint density at radius 1 is 1.45 bits per heavy atom. The van der Waals surface area contributed by atoms with Crippen LogP contribution in [0.5, 0.6) is 5.75 Å². The summed E-state index contributed by atoms with van der Waals surface area (Å²) in [5.41, 5.74) is 5.86. The highest BCUT2D eigenvalue weighted by Gasteiger charge is 2.17. The van der Waals surface area contributed by atoms with Gasteiger partial charge in [0.2, 0.25) is 5.91 Å². The van der Waals surface area contributed by atoms with Crippen LogP contribution in [0.4, 0.5) is 0 Å². The van der Waals surface area contributed by atoms with Crippen LogP contribution in [0, 0.1) is 0 Å². The number of halogens is 1. The Morgan fingerprint density at radius 3 is 2.80 bits per heavy atom. The summed E-state index contributed by atoms with van der Waals surface area (Å²) in [6.07, 6.45) is 2.74. The number of amides is 1. The zero-order valence-electron chi connectivity index (χ0n) is 12.1. The van der Waals surface area contributed by atoms with Crippen molar-refractivity contribution in [1.29, 1.82) is 0 Å². The predicted molar refractivity (Wildman–Crippen MR) is 82.1 cm³/mol. The zero-order chi connectivity index (χ0) is 15.0. The monoisotopic (exact) mass is 298 g/mol. The van der Waals surface area contributed by atoms with Gasteiger partial charge in [0.1, 0.15) is 12.4 Å². The molecular formula is C15H23ClN2O2. The van der Waals surface area contributed by atoms with Crippen molar-refractivity contribution < 1.29 is 9.53 Å². The van der Waals surface area contributed by atoms with E-state index in [1.807, 2.05) is 12.1 Å². The molecule has 1 atom stereocenters. The van der Waals surface area contributed by atoms with Gasteiger partial charge in [-0.2, -0.15) is 0 Å². The summed E-state index contributed by atoms with van der Waals surface area (Å²) >= 11 is 5.98. The summed E-state index contributed by atoms with van der Waals surface area (Å²) < 4.78 is 5.55. The Kier molecular flexibility index (Phi) is 7.41. The number of hydrogen-bond acceptors (Lipinski definition) is 3. The van der Waals surface area contributed by atoms with Gasteiger partial charge in [0.15, 0.2) is 0 Å². The number of carbonyl (C=O) groups is 1. The van der Waals surface area contributed by atoms with Gasteiger partial charge in [-0.15, -0.1) is 0 Å². The number of unbranched alkanes of at least 4 members (excludes halogenated alkanes) is 1. The number of hydrogen-bond donors (Lipinski definition) is 1. The molecule has 1 rings (SSSR count). The molecule has 0 spiro atoms. The average Bonchev–Trinajstić information content (AvgIpc) is 2.45. The normalized spacial score (nSPS) is 12.0. The van der Waals surface area contributed by atoms with E-state index in [9.17, 15) is 4.79 Å². The van der Waals surface area contributed by atoms with Crippen LogP contribution in [-0.2, 0) is 4.79 Å². The quantitative estimate of drug-likeness (QED) is 0.803. The summed E-state index contributed by atoms with van der Waals surface area (Å²) in [5.74, 6) is 0.589. The molecule has 0 aliphatic heterocycles. The first-order chi connectivity index (χ1) is 9.56. The van der Waals surface area contributed by atoms with Gasteiger partial charge < -0.3 is 15.4 Å². The molecule has 0 aliphatic carbocycles. The topological polar surface area (TPSA) is 55.6 Å². The molecule has 0 unspecified atom stereocenters. The molecule has 2 N–H and O–H groups in total. The minimum absolute atomic E-state index is 0.0405. The third-order valence-corrected chi connectivity index (χ3v) is 3.40. The van der Waals surface area contributed by atoms with Crippen molar-refractivity contribution >= 4 is 17.5 Å². The summed E-state index contributed by atoms with van der Waals surface area (Å²) in [6.45, 7) is 2.97. The first-order valence-electron chi connectivity index (χ1n) is 6.94. The van der Waals surface area contributed by atoms with Gasteiger partial charge in [-0.25, -0.2) is 0 Å². The van der Waals surface area contributed by atoms with E-state index in [0.717, 1.165) is 19.3 Å². The fourth-order valence-electron chi connectivity index (χ4n) is 1.80. The molecule has 0 saturated heterocycles. The summed E-state index contributed by atoms with van der Waals surface area (Å²) in [6, 6.07) is 6.86. The lowest BCUT2D eigenvalue weighted by atomic mass is 10.1. The maximum Gasteiger partial charge on any atom is 0.239 e. The highest BCUT2D eigenvalue weighted by molar-refractivity contribution is 6.32. The molecule has 5 heteroatoms. The number of nitrogens with zero attached hydrogens (tertiary/aromatic N) is 1. The van der Waals surface area contributed by atoms with E-state index in [4.69, 9.17) is 22.1 Å². The van der Waals surface area contributed by atoms with Gasteiger partial charge in [-0.1, -0.05) is 43.5 Å². The van der Waals surface area contributed by atoms with Crippen LogP contribution in [0.15, 0.2) is 24.3 Å². The van der Waals surface area contributed by atoms with Crippen LogP contribution in [0.25, 0.3) is 0 Å². The van der Waals surface area contributed by atoms with Crippen LogP contribution in [0.2, 0.25) is 5.02 Å². The van der Waals surface area contributed by atoms with Gasteiger partial charge in [-0.05, 0) is 18.6 Å². The lowest BCUT2D eigenvalue weighted by Crippen LogP contribution is -2.43. The molecule has 0 aromatic heterocycles. The Morgan fingerprint density at radius 2 is 2.15 bits per heavy atom. The molecule has 0 fully saturated rings. The fourth-order valence-corrected chi connectivity index (χ4v) is 1.99. The lowest BCUT2D eigenvalue weighted by molar-refractivity contribution is -0.131. The maximum atomic E-state index is 12.0. The Balaban J connectivity index is 2.34. The highest BCUT2D eigenvalue weighted by Crippen LogP contribution is 2.22. The Labute approximate surface area is 125 Å². The second kappa shape index (κ2) is 8.82. The lowest BCUT2D eigenvalue weighted by Gasteiger charge is -2.21. The molecule has 4 nitrogen and oxygen atoms in total.